The minimum absolute atomic E-state index is 0.0233. The molecule has 0 heterocycles. The zero-order valence-corrected chi connectivity index (χ0v) is 48.2. The number of azide groups is 1. The zero-order chi connectivity index (χ0) is 57.9. The Morgan fingerprint density at radius 1 is 0.649 bits per heavy atom. The molecule has 0 fully saturated rings. The number of nitrogens with zero attached hydrogens (tertiary/aromatic N) is 3. The lowest BCUT2D eigenvalue weighted by atomic mass is 9.89. The van der Waals surface area contributed by atoms with E-state index < -0.39 is 6.23 Å². The van der Waals surface area contributed by atoms with Crippen LogP contribution in [0.5, 0.6) is 5.75 Å². The van der Waals surface area contributed by atoms with Crippen LogP contribution in [-0.4, -0.2) is 160 Å². The number of rotatable bonds is 38. The van der Waals surface area contributed by atoms with E-state index in [1.165, 1.54) is 12.3 Å². The molecular formula is C56H92N8O13. The number of benzene rings is 1. The lowest BCUT2D eigenvalue weighted by Gasteiger charge is -2.20. The second kappa shape index (κ2) is 42.3. The number of carbonyl (C=O) groups is 5. The van der Waals surface area contributed by atoms with Crippen LogP contribution < -0.4 is 31.3 Å². The van der Waals surface area contributed by atoms with Crippen LogP contribution in [0, 0.1) is 39.9 Å². The average Bonchev–Trinajstić information content (AvgIpc) is 3.34. The van der Waals surface area contributed by atoms with Crippen LogP contribution in [0.3, 0.4) is 0 Å². The monoisotopic (exact) mass is 1080 g/mol. The molecule has 0 spiro atoms. The van der Waals surface area contributed by atoms with Gasteiger partial charge in [-0.2, -0.15) is 0 Å². The van der Waals surface area contributed by atoms with Gasteiger partial charge in [0.05, 0.1) is 72.2 Å². The van der Waals surface area contributed by atoms with E-state index in [1.54, 1.807) is 24.3 Å². The molecule has 1 unspecified atom stereocenters. The summed E-state index contributed by atoms with van der Waals surface area (Å²) in [7, 11) is 0. The van der Waals surface area contributed by atoms with Crippen LogP contribution in [0.15, 0.2) is 41.7 Å². The number of amides is 4. The van der Waals surface area contributed by atoms with E-state index in [0.29, 0.717) is 70.4 Å². The molecule has 0 radical (unpaired) electrons. The van der Waals surface area contributed by atoms with Crippen LogP contribution in [0.2, 0.25) is 0 Å². The van der Waals surface area contributed by atoms with E-state index in [-0.39, 0.29) is 111 Å². The summed E-state index contributed by atoms with van der Waals surface area (Å²) in [4.78, 5) is 62.3. The number of nitrogens with one attached hydrogen (secondary N) is 5. The van der Waals surface area contributed by atoms with Crippen molar-refractivity contribution in [2.45, 2.75) is 121 Å². The van der Waals surface area contributed by atoms with Crippen molar-refractivity contribution in [2.24, 2.45) is 21.4 Å². The van der Waals surface area contributed by atoms with Crippen molar-refractivity contribution in [1.29, 1.82) is 0 Å². The van der Waals surface area contributed by atoms with E-state index in [4.69, 9.17) is 43.4 Å². The first-order valence-electron chi connectivity index (χ1n) is 26.2. The number of ether oxygens (including phenoxy) is 8. The standard InChI is InChI=1S/C31H48N6O6.C25H44N2O7/c1-30(2,3)14-8-7-13-26(38)34-17-18-35-29(40)24-11-9-12-25(21-24)43-23-28(36-37-32)42-20-19-41-22-27(39)33-16-10-15-31(4,5)6;1-24(2,3)9-7-10-26-23(29)21-34-19-16-30-12-8-22(28)20-33-18-17-32-15-14-31-13-11-27-25(4,5)6/h9,11-12,21,28H,7-8,13-14,16-20,22-23H2,1-6H3,(H,33,39)(H,34,38)(H,35,40);8,12,27H,10-11,13-21H2,1-6H3,(H,26,29)/b;12-8+. The molecule has 0 saturated carbocycles. The summed E-state index contributed by atoms with van der Waals surface area (Å²) < 4.78 is 42.9. The van der Waals surface area contributed by atoms with Gasteiger partial charge in [-0.1, -0.05) is 62.1 Å². The highest BCUT2D eigenvalue weighted by atomic mass is 16.6. The van der Waals surface area contributed by atoms with Crippen molar-refractivity contribution in [2.75, 3.05) is 119 Å². The Balaban J connectivity index is 0.00000154. The van der Waals surface area contributed by atoms with Crippen LogP contribution in [0.1, 0.15) is 119 Å². The normalized spacial score (nSPS) is 11.8. The molecule has 0 aliphatic carbocycles. The van der Waals surface area contributed by atoms with E-state index in [1.807, 2.05) is 41.5 Å². The van der Waals surface area contributed by atoms with Crippen molar-refractivity contribution >= 4 is 29.4 Å². The molecule has 21 heteroatoms. The van der Waals surface area contributed by atoms with Crippen LogP contribution in [-0.2, 0) is 52.3 Å². The van der Waals surface area contributed by atoms with E-state index in [2.05, 4.69) is 102 Å². The molecule has 1 aromatic carbocycles. The molecule has 0 saturated heterocycles. The lowest BCUT2D eigenvalue weighted by Crippen LogP contribution is -2.38. The van der Waals surface area contributed by atoms with Gasteiger partial charge in [-0.3, -0.25) is 24.0 Å². The Kier molecular flexibility index (Phi) is 39.1. The third kappa shape index (κ3) is 50.8. The first kappa shape index (κ1) is 71.3. The highest BCUT2D eigenvalue weighted by Gasteiger charge is 2.13. The minimum atomic E-state index is -0.940. The average molecular weight is 1090 g/mol. The van der Waals surface area contributed by atoms with E-state index in [9.17, 15) is 24.0 Å². The fraction of sp³-hybridized carbons (Fsp3) is 0.696. The smallest absolute Gasteiger partial charge is 0.251 e. The molecular weight excluding hydrogens is 993 g/mol. The predicted molar refractivity (Wildman–Crippen MR) is 297 cm³/mol. The van der Waals surface area contributed by atoms with Gasteiger partial charge in [-0.15, -0.1) is 0 Å². The van der Waals surface area contributed by atoms with Crippen molar-refractivity contribution < 1.29 is 61.9 Å². The third-order valence-electron chi connectivity index (χ3n) is 9.25. The Bertz CT molecular complexity index is 2050. The quantitative estimate of drug-likeness (QED) is 0.00959. The first-order valence-corrected chi connectivity index (χ1v) is 26.2. The molecule has 0 aliphatic heterocycles. The van der Waals surface area contributed by atoms with Gasteiger partial charge in [-0.05, 0) is 104 Å². The van der Waals surface area contributed by atoms with Gasteiger partial charge in [-0.25, -0.2) is 0 Å². The Hall–Kier alpha value is -5.74. The van der Waals surface area contributed by atoms with Crippen molar-refractivity contribution in [1.82, 2.24) is 26.6 Å². The second-order valence-electron chi connectivity index (χ2n) is 21.6. The summed E-state index contributed by atoms with van der Waals surface area (Å²) in [5.74, 6) is 11.1. The van der Waals surface area contributed by atoms with Gasteiger partial charge in [0, 0.05) is 59.0 Å². The highest BCUT2D eigenvalue weighted by Crippen LogP contribution is 2.22. The van der Waals surface area contributed by atoms with E-state index in [0.717, 1.165) is 25.8 Å². The summed E-state index contributed by atoms with van der Waals surface area (Å²) in [5, 5.41) is 17.8. The van der Waals surface area contributed by atoms with Gasteiger partial charge < -0.3 is 64.5 Å². The first-order chi connectivity index (χ1) is 36.3. The Morgan fingerprint density at radius 2 is 1.21 bits per heavy atom. The van der Waals surface area contributed by atoms with Crippen LogP contribution in [0.25, 0.3) is 10.4 Å². The molecule has 4 amide bonds. The number of hydrogen-bond donors (Lipinski definition) is 5. The topological polar surface area (TPSA) is 268 Å². The molecule has 0 aromatic heterocycles. The van der Waals surface area contributed by atoms with Gasteiger partial charge in [0.25, 0.3) is 5.91 Å². The summed E-state index contributed by atoms with van der Waals surface area (Å²) in [5.41, 5.74) is 9.36. The van der Waals surface area contributed by atoms with Gasteiger partial charge in [0.2, 0.25) is 17.7 Å². The Labute approximate surface area is 459 Å². The van der Waals surface area contributed by atoms with Crippen molar-refractivity contribution in [3.8, 4) is 29.4 Å². The molecule has 1 rings (SSSR count). The Morgan fingerprint density at radius 3 is 1.79 bits per heavy atom. The summed E-state index contributed by atoms with van der Waals surface area (Å²) in [6, 6.07) is 6.53. The largest absolute Gasteiger partial charge is 0.499 e. The molecule has 21 nitrogen and oxygen atoms in total. The summed E-state index contributed by atoms with van der Waals surface area (Å²) in [6.45, 7) is 29.4. The molecule has 77 heavy (non-hydrogen) atoms. The lowest BCUT2D eigenvalue weighted by molar-refractivity contribution is -0.126. The highest BCUT2D eigenvalue weighted by molar-refractivity contribution is 5.94. The maximum absolute atomic E-state index is 12.5. The SMILES string of the molecule is CC(C)(C)C#CCNC(=O)COCCO/C=C/C(=O)COCCOCCOCCNC(C)(C)C.CC(C)(C)C#CCNC(=O)COCCOC(COc1cccc(C(=O)NCCNC(=O)CCCCC(C)(C)C)c1)N=[N+]=[N-]. The molecule has 0 bridgehead atoms. The number of ketones is 1. The number of carbonyl (C=O) groups excluding carboxylic acids is 5. The van der Waals surface area contributed by atoms with Gasteiger partial charge in [0.15, 0.2) is 12.0 Å². The van der Waals surface area contributed by atoms with E-state index >= 15 is 0 Å². The third-order valence-corrected chi connectivity index (χ3v) is 9.25. The van der Waals surface area contributed by atoms with Crippen molar-refractivity contribution in [3.05, 3.63) is 52.6 Å². The number of unbranched alkanes of at least 4 members (excludes halogenated alkanes) is 1. The van der Waals surface area contributed by atoms with Crippen LogP contribution in [0.4, 0.5) is 0 Å². The zero-order valence-electron chi connectivity index (χ0n) is 48.2. The van der Waals surface area contributed by atoms with Crippen molar-refractivity contribution in [3.63, 3.8) is 0 Å². The maximum atomic E-state index is 12.5. The predicted octanol–water partition coefficient (Wildman–Crippen LogP) is 6.06. The summed E-state index contributed by atoms with van der Waals surface area (Å²) >= 11 is 0. The fourth-order valence-electron chi connectivity index (χ4n) is 5.61. The van der Waals surface area contributed by atoms with Gasteiger partial charge in [0.1, 0.15) is 38.8 Å². The molecule has 1 aromatic rings. The maximum Gasteiger partial charge on any atom is 0.251 e. The second-order valence-corrected chi connectivity index (χ2v) is 21.6. The number of hydrogen-bond acceptors (Lipinski definition) is 15. The minimum Gasteiger partial charge on any atom is -0.499 e. The van der Waals surface area contributed by atoms with Gasteiger partial charge >= 0.3 is 0 Å². The van der Waals surface area contributed by atoms with Crippen LogP contribution >= 0.6 is 0 Å². The molecule has 5 N–H and O–H groups in total. The molecule has 1 atom stereocenters. The molecule has 434 valence electrons. The molecule has 0 aliphatic rings. The fourth-order valence-corrected chi connectivity index (χ4v) is 5.61. The summed E-state index contributed by atoms with van der Waals surface area (Å²) in [6.07, 6.45) is 5.04.